The van der Waals surface area contributed by atoms with Crippen LogP contribution in [-0.4, -0.2) is 35.4 Å². The van der Waals surface area contributed by atoms with Crippen molar-refractivity contribution < 1.29 is 14.6 Å². The summed E-state index contributed by atoms with van der Waals surface area (Å²) in [6, 6.07) is 9.59. The van der Waals surface area contributed by atoms with E-state index in [0.29, 0.717) is 6.42 Å². The maximum absolute atomic E-state index is 12.3. The molecule has 2 saturated heterocycles. The molecule has 0 radical (unpaired) electrons. The second kappa shape index (κ2) is 6.16. The standard InChI is InChI=1S/C17H23NO3/c1-11(15(19)9-12-5-3-2-4-6-12)18-17(20)14-10-13-7-8-16(14)21-13/h2-6,11,13-16,19H,7-10H2,1H3,(H,18,20). The van der Waals surface area contributed by atoms with Gasteiger partial charge in [-0.05, 0) is 31.7 Å². The normalized spacial score (nSPS) is 30.1. The summed E-state index contributed by atoms with van der Waals surface area (Å²) < 4.78 is 5.72. The molecule has 4 heteroatoms. The third-order valence-corrected chi connectivity index (χ3v) is 4.68. The van der Waals surface area contributed by atoms with Crippen LogP contribution in [0.4, 0.5) is 0 Å². The Balaban J connectivity index is 1.51. The van der Waals surface area contributed by atoms with E-state index in [1.165, 1.54) is 0 Å². The highest BCUT2D eigenvalue weighted by molar-refractivity contribution is 5.80. The predicted octanol–water partition coefficient (Wildman–Crippen LogP) is 1.66. The molecule has 0 aromatic heterocycles. The van der Waals surface area contributed by atoms with Gasteiger partial charge in [0.05, 0.1) is 30.3 Å². The van der Waals surface area contributed by atoms with Crippen LogP contribution in [0.15, 0.2) is 30.3 Å². The first-order chi connectivity index (χ1) is 10.1. The second-order valence-electron chi connectivity index (χ2n) is 6.27. The fraction of sp³-hybridized carbons (Fsp3) is 0.588. The van der Waals surface area contributed by atoms with E-state index in [2.05, 4.69) is 5.32 Å². The zero-order valence-electron chi connectivity index (χ0n) is 12.4. The number of carbonyl (C=O) groups is 1. The van der Waals surface area contributed by atoms with Crippen molar-refractivity contribution in [3.63, 3.8) is 0 Å². The Bertz CT molecular complexity index is 490. The van der Waals surface area contributed by atoms with Crippen molar-refractivity contribution in [3.8, 4) is 0 Å². The summed E-state index contributed by atoms with van der Waals surface area (Å²) in [5.41, 5.74) is 1.08. The molecular formula is C17H23NO3. The number of carbonyl (C=O) groups excluding carboxylic acids is 1. The minimum absolute atomic E-state index is 0.0295. The molecule has 3 rings (SSSR count). The third-order valence-electron chi connectivity index (χ3n) is 4.68. The highest BCUT2D eigenvalue weighted by Gasteiger charge is 2.44. The molecule has 2 aliphatic heterocycles. The van der Waals surface area contributed by atoms with Crippen LogP contribution in [-0.2, 0) is 16.0 Å². The predicted molar refractivity (Wildman–Crippen MR) is 79.8 cm³/mol. The van der Waals surface area contributed by atoms with Crippen LogP contribution in [0.3, 0.4) is 0 Å². The molecule has 1 amide bonds. The van der Waals surface area contributed by atoms with Crippen LogP contribution in [0.5, 0.6) is 0 Å². The molecule has 0 saturated carbocycles. The van der Waals surface area contributed by atoms with Gasteiger partial charge in [0.25, 0.3) is 0 Å². The largest absolute Gasteiger partial charge is 0.391 e. The average Bonchev–Trinajstić information content (AvgIpc) is 3.11. The Labute approximate surface area is 125 Å². The van der Waals surface area contributed by atoms with Gasteiger partial charge in [-0.1, -0.05) is 30.3 Å². The van der Waals surface area contributed by atoms with Gasteiger partial charge in [0.1, 0.15) is 0 Å². The van der Waals surface area contributed by atoms with Crippen LogP contribution in [0.25, 0.3) is 0 Å². The number of aliphatic hydroxyl groups excluding tert-OH is 1. The number of fused-ring (bicyclic) bond motifs is 2. The lowest BCUT2D eigenvalue weighted by Gasteiger charge is -2.24. The van der Waals surface area contributed by atoms with Crippen molar-refractivity contribution in [1.29, 1.82) is 0 Å². The second-order valence-corrected chi connectivity index (χ2v) is 6.27. The minimum Gasteiger partial charge on any atom is -0.391 e. The van der Waals surface area contributed by atoms with Gasteiger partial charge < -0.3 is 15.2 Å². The maximum Gasteiger partial charge on any atom is 0.226 e. The van der Waals surface area contributed by atoms with Crippen molar-refractivity contribution >= 4 is 5.91 Å². The van der Waals surface area contributed by atoms with E-state index in [-0.39, 0.29) is 30.1 Å². The van der Waals surface area contributed by atoms with Gasteiger partial charge in [-0.25, -0.2) is 0 Å². The molecule has 2 heterocycles. The molecule has 114 valence electrons. The number of benzene rings is 1. The van der Waals surface area contributed by atoms with E-state index in [1.807, 2.05) is 37.3 Å². The number of nitrogens with one attached hydrogen (secondary N) is 1. The van der Waals surface area contributed by atoms with Gasteiger partial charge >= 0.3 is 0 Å². The highest BCUT2D eigenvalue weighted by Crippen LogP contribution is 2.38. The van der Waals surface area contributed by atoms with Crippen LogP contribution in [0, 0.1) is 5.92 Å². The van der Waals surface area contributed by atoms with E-state index in [4.69, 9.17) is 4.74 Å². The van der Waals surface area contributed by atoms with Crippen molar-refractivity contribution in [2.24, 2.45) is 5.92 Å². The zero-order valence-corrected chi connectivity index (χ0v) is 12.4. The van der Waals surface area contributed by atoms with Crippen LogP contribution >= 0.6 is 0 Å². The molecule has 0 aliphatic carbocycles. The van der Waals surface area contributed by atoms with Crippen molar-refractivity contribution in [2.45, 2.75) is 57.0 Å². The van der Waals surface area contributed by atoms with Gasteiger partial charge in [-0.15, -0.1) is 0 Å². The van der Waals surface area contributed by atoms with Gasteiger partial charge in [0.15, 0.2) is 0 Å². The number of amides is 1. The molecule has 2 N–H and O–H groups in total. The summed E-state index contributed by atoms with van der Waals surface area (Å²) in [7, 11) is 0. The van der Waals surface area contributed by atoms with Gasteiger partial charge in [0.2, 0.25) is 5.91 Å². The Morgan fingerprint density at radius 3 is 2.76 bits per heavy atom. The fourth-order valence-electron chi connectivity index (χ4n) is 3.37. The molecule has 5 atom stereocenters. The summed E-state index contributed by atoms with van der Waals surface area (Å²) in [6.45, 7) is 1.86. The Morgan fingerprint density at radius 2 is 2.14 bits per heavy atom. The number of ether oxygens (including phenoxy) is 1. The van der Waals surface area contributed by atoms with Gasteiger partial charge in [0, 0.05) is 6.42 Å². The summed E-state index contributed by atoms with van der Waals surface area (Å²) in [5, 5.41) is 13.2. The first-order valence-corrected chi connectivity index (χ1v) is 7.81. The highest BCUT2D eigenvalue weighted by atomic mass is 16.5. The quantitative estimate of drug-likeness (QED) is 0.867. The first-order valence-electron chi connectivity index (χ1n) is 7.81. The van der Waals surface area contributed by atoms with E-state index >= 15 is 0 Å². The van der Waals surface area contributed by atoms with Crippen LogP contribution in [0.1, 0.15) is 31.7 Å². The number of hydrogen-bond donors (Lipinski definition) is 2. The number of rotatable bonds is 5. The average molecular weight is 289 g/mol. The lowest BCUT2D eigenvalue weighted by atomic mass is 9.88. The smallest absolute Gasteiger partial charge is 0.226 e. The van der Waals surface area contributed by atoms with Gasteiger partial charge in [-0.3, -0.25) is 4.79 Å². The van der Waals surface area contributed by atoms with Gasteiger partial charge in [-0.2, -0.15) is 0 Å². The number of hydrogen-bond acceptors (Lipinski definition) is 3. The maximum atomic E-state index is 12.3. The minimum atomic E-state index is -0.573. The molecule has 2 aliphatic rings. The van der Waals surface area contributed by atoms with Crippen molar-refractivity contribution in [1.82, 2.24) is 5.32 Å². The Kier molecular flexibility index (Phi) is 4.27. The Hall–Kier alpha value is -1.39. The Morgan fingerprint density at radius 1 is 1.38 bits per heavy atom. The van der Waals surface area contributed by atoms with E-state index in [1.54, 1.807) is 0 Å². The molecule has 5 unspecified atom stereocenters. The molecule has 1 aromatic rings. The lowest BCUT2D eigenvalue weighted by molar-refractivity contribution is -0.128. The summed E-state index contributed by atoms with van der Waals surface area (Å²) in [5.74, 6) is -0.00284. The molecule has 1 aromatic carbocycles. The lowest BCUT2D eigenvalue weighted by Crippen LogP contribution is -2.46. The molecule has 2 fully saturated rings. The monoisotopic (exact) mass is 289 g/mol. The van der Waals surface area contributed by atoms with E-state index < -0.39 is 6.10 Å². The van der Waals surface area contributed by atoms with Crippen LogP contribution < -0.4 is 5.32 Å². The molecule has 21 heavy (non-hydrogen) atoms. The summed E-state index contributed by atoms with van der Waals surface area (Å²) in [6.07, 6.45) is 3.25. The molecule has 2 bridgehead atoms. The van der Waals surface area contributed by atoms with Crippen LogP contribution in [0.2, 0.25) is 0 Å². The topological polar surface area (TPSA) is 58.6 Å². The van der Waals surface area contributed by atoms with E-state index in [9.17, 15) is 9.90 Å². The zero-order chi connectivity index (χ0) is 14.8. The van der Waals surface area contributed by atoms with E-state index in [0.717, 1.165) is 24.8 Å². The molecule has 0 spiro atoms. The SMILES string of the molecule is CC(NC(=O)C1CC2CCC1O2)C(O)Cc1ccccc1. The number of aliphatic hydroxyl groups is 1. The summed E-state index contributed by atoms with van der Waals surface area (Å²) >= 11 is 0. The first kappa shape index (κ1) is 14.5. The molecular weight excluding hydrogens is 266 g/mol. The fourth-order valence-corrected chi connectivity index (χ4v) is 3.37. The van der Waals surface area contributed by atoms with Crippen molar-refractivity contribution in [3.05, 3.63) is 35.9 Å². The van der Waals surface area contributed by atoms with Crippen molar-refractivity contribution in [2.75, 3.05) is 0 Å². The third kappa shape index (κ3) is 3.27. The molecule has 4 nitrogen and oxygen atoms in total. The summed E-state index contributed by atoms with van der Waals surface area (Å²) in [4.78, 5) is 12.3.